The molecule has 0 spiro atoms. The molecule has 0 bridgehead atoms. The van der Waals surface area contributed by atoms with E-state index in [4.69, 9.17) is 4.74 Å². The number of hydrogen-bond donors (Lipinski definition) is 4. The van der Waals surface area contributed by atoms with Gasteiger partial charge < -0.3 is 30.1 Å². The maximum Gasteiger partial charge on any atom is 0.409 e. The highest BCUT2D eigenvalue weighted by Crippen LogP contribution is 2.26. The summed E-state index contributed by atoms with van der Waals surface area (Å²) in [7, 11) is -2.97. The summed E-state index contributed by atoms with van der Waals surface area (Å²) in [4.78, 5) is 39.3. The third kappa shape index (κ3) is 5.06. The van der Waals surface area contributed by atoms with Crippen molar-refractivity contribution in [3.8, 4) is 11.5 Å². The molecular weight excluding hydrogens is 442 g/mol. The van der Waals surface area contributed by atoms with E-state index in [1.165, 1.54) is 28.9 Å². The Kier molecular flexibility index (Phi) is 6.82. The van der Waals surface area contributed by atoms with E-state index in [2.05, 4.69) is 5.32 Å². The summed E-state index contributed by atoms with van der Waals surface area (Å²) in [6.45, 7) is 3.32. The number of thiol groups is 1. The smallest absolute Gasteiger partial charge is 0.409 e. The van der Waals surface area contributed by atoms with Gasteiger partial charge in [0.15, 0.2) is 22.2 Å². The zero-order chi connectivity index (χ0) is 23.6. The number of rotatable bonds is 7. The van der Waals surface area contributed by atoms with Crippen molar-refractivity contribution in [2.75, 3.05) is 26.2 Å². The lowest BCUT2D eigenvalue weighted by Gasteiger charge is -2.42. The Morgan fingerprint density at radius 1 is 1.28 bits per heavy atom. The van der Waals surface area contributed by atoms with E-state index < -0.39 is 33.2 Å². The zero-order valence-corrected chi connectivity index (χ0v) is 18.7. The number of phenolic OH excluding ortho intramolecular Hbond substituents is 2. The molecule has 1 unspecified atom stereocenters. The standard InChI is InChI=1S/C20H27N3O8S/c1-12-7-17(26)23(12)10-20(2,32(29)30)11-31-19(28)22-6-5-14(9-22)21-18(27)13-3-4-15(24)16(25)8-13/h3-4,8,12,14,24-25,32H,5-7,9-11H2,1-2H3,(H,21,27)/t12-,14?,20-/m1/s1. The summed E-state index contributed by atoms with van der Waals surface area (Å²) in [6.07, 6.45) is 0.142. The molecule has 3 rings (SSSR count). The lowest BCUT2D eigenvalue weighted by Crippen LogP contribution is -2.58. The summed E-state index contributed by atoms with van der Waals surface area (Å²) < 4.78 is 27.5. The van der Waals surface area contributed by atoms with Crippen LogP contribution in [0.2, 0.25) is 0 Å². The first kappa shape index (κ1) is 23.6. The minimum atomic E-state index is -2.97. The predicted molar refractivity (Wildman–Crippen MR) is 113 cm³/mol. The normalized spacial score (nSPS) is 22.4. The van der Waals surface area contributed by atoms with Crippen molar-refractivity contribution in [3.63, 3.8) is 0 Å². The first-order valence-electron chi connectivity index (χ1n) is 10.2. The van der Waals surface area contributed by atoms with E-state index in [1.807, 2.05) is 6.92 Å². The predicted octanol–water partition coefficient (Wildman–Crippen LogP) is 0.0294. The number of amides is 3. The minimum Gasteiger partial charge on any atom is -0.504 e. The van der Waals surface area contributed by atoms with Gasteiger partial charge in [0.05, 0.1) is 0 Å². The fourth-order valence-corrected chi connectivity index (χ4v) is 4.10. The SMILES string of the molecule is C[C@@H]1CC(=O)N1C[C@](C)(COC(=O)N1CCC(NC(=O)c2ccc(O)c(O)c2)C1)[SH](=O)=O. The van der Waals surface area contributed by atoms with Gasteiger partial charge in [-0.25, -0.2) is 13.2 Å². The highest BCUT2D eigenvalue weighted by Gasteiger charge is 2.41. The van der Waals surface area contributed by atoms with Gasteiger partial charge in [-0.2, -0.15) is 0 Å². The van der Waals surface area contributed by atoms with Crippen molar-refractivity contribution in [2.24, 2.45) is 0 Å². The summed E-state index contributed by atoms with van der Waals surface area (Å²) in [6, 6.07) is 3.30. The number of hydrogen-bond acceptors (Lipinski definition) is 8. The van der Waals surface area contributed by atoms with E-state index in [9.17, 15) is 33.0 Å². The lowest BCUT2D eigenvalue weighted by molar-refractivity contribution is -0.145. The Labute approximate surface area is 186 Å². The molecule has 1 aromatic rings. The van der Waals surface area contributed by atoms with Crippen LogP contribution in [-0.2, 0) is 20.2 Å². The third-order valence-electron chi connectivity index (χ3n) is 5.80. The van der Waals surface area contributed by atoms with Gasteiger partial charge in [0.25, 0.3) is 5.91 Å². The number of likely N-dealkylation sites (tertiary alicyclic amines) is 2. The van der Waals surface area contributed by atoms with Crippen LogP contribution in [0.15, 0.2) is 18.2 Å². The Morgan fingerprint density at radius 2 is 2.00 bits per heavy atom. The molecule has 2 aliphatic rings. The Bertz CT molecular complexity index is 989. The van der Waals surface area contributed by atoms with Crippen molar-refractivity contribution >= 4 is 28.6 Å². The van der Waals surface area contributed by atoms with Crippen molar-refractivity contribution in [1.29, 1.82) is 0 Å². The summed E-state index contributed by atoms with van der Waals surface area (Å²) in [5.74, 6) is -1.35. The number of ether oxygens (including phenoxy) is 1. The van der Waals surface area contributed by atoms with Crippen LogP contribution >= 0.6 is 0 Å². The minimum absolute atomic E-state index is 0.0445. The first-order chi connectivity index (χ1) is 15.0. The Balaban J connectivity index is 1.52. The van der Waals surface area contributed by atoms with Crippen LogP contribution in [0.3, 0.4) is 0 Å². The number of carbonyl (C=O) groups is 3. The van der Waals surface area contributed by atoms with Gasteiger partial charge in [-0.05, 0) is 38.5 Å². The molecule has 176 valence electrons. The van der Waals surface area contributed by atoms with E-state index in [-0.39, 0.29) is 49.0 Å². The molecule has 0 aliphatic carbocycles. The molecule has 2 aliphatic heterocycles. The Hall–Kier alpha value is -3.02. The van der Waals surface area contributed by atoms with Crippen LogP contribution in [0.5, 0.6) is 11.5 Å². The maximum absolute atomic E-state index is 12.4. The second-order valence-corrected chi connectivity index (χ2v) is 10.1. The fraction of sp³-hybridized carbons (Fsp3) is 0.550. The third-order valence-corrected chi connectivity index (χ3v) is 6.95. The van der Waals surface area contributed by atoms with Crippen LogP contribution in [0, 0.1) is 0 Å². The summed E-state index contributed by atoms with van der Waals surface area (Å²) >= 11 is 0. The second-order valence-electron chi connectivity index (χ2n) is 8.49. The molecule has 2 heterocycles. The first-order valence-corrected chi connectivity index (χ1v) is 11.4. The number of aromatic hydroxyl groups is 2. The number of β-lactam (4-membered cyclic amide) rings is 1. The fourth-order valence-electron chi connectivity index (χ4n) is 3.67. The topological polar surface area (TPSA) is 154 Å². The van der Waals surface area contributed by atoms with Gasteiger partial charge in [0.1, 0.15) is 11.4 Å². The zero-order valence-electron chi connectivity index (χ0n) is 17.8. The van der Waals surface area contributed by atoms with Gasteiger partial charge in [-0.1, -0.05) is 0 Å². The molecule has 1 aromatic carbocycles. The van der Waals surface area contributed by atoms with Crippen LogP contribution in [-0.4, -0.2) is 89.4 Å². The van der Waals surface area contributed by atoms with Gasteiger partial charge >= 0.3 is 6.09 Å². The molecule has 3 amide bonds. The van der Waals surface area contributed by atoms with Crippen molar-refractivity contribution < 1.29 is 37.8 Å². The average molecular weight is 470 g/mol. The van der Waals surface area contributed by atoms with E-state index in [0.717, 1.165) is 6.07 Å². The van der Waals surface area contributed by atoms with Gasteiger partial charge in [-0.15, -0.1) is 0 Å². The quantitative estimate of drug-likeness (QED) is 0.248. The molecule has 0 saturated carbocycles. The van der Waals surface area contributed by atoms with E-state index in [1.54, 1.807) is 0 Å². The number of nitrogens with zero attached hydrogens (tertiary/aromatic N) is 2. The van der Waals surface area contributed by atoms with Crippen LogP contribution in [0.25, 0.3) is 0 Å². The average Bonchev–Trinajstić information content (AvgIpc) is 3.20. The number of phenols is 2. The van der Waals surface area contributed by atoms with Crippen molar-refractivity contribution in [2.45, 2.75) is 43.5 Å². The monoisotopic (exact) mass is 469 g/mol. The molecule has 12 heteroatoms. The van der Waals surface area contributed by atoms with Gasteiger partial charge in [0.2, 0.25) is 5.91 Å². The molecule has 2 fully saturated rings. The van der Waals surface area contributed by atoms with Crippen LogP contribution in [0.4, 0.5) is 4.79 Å². The highest BCUT2D eigenvalue weighted by atomic mass is 32.2. The molecule has 3 N–H and O–H groups in total. The summed E-state index contributed by atoms with van der Waals surface area (Å²) in [5.41, 5.74) is 0.158. The number of carbonyl (C=O) groups excluding carboxylic acids is 3. The molecule has 3 atom stereocenters. The molecule has 0 radical (unpaired) electrons. The van der Waals surface area contributed by atoms with Crippen LogP contribution < -0.4 is 5.32 Å². The molecule has 0 aromatic heterocycles. The molecule has 2 saturated heterocycles. The largest absolute Gasteiger partial charge is 0.504 e. The maximum atomic E-state index is 12.4. The second kappa shape index (κ2) is 9.23. The van der Waals surface area contributed by atoms with E-state index in [0.29, 0.717) is 19.4 Å². The summed E-state index contributed by atoms with van der Waals surface area (Å²) in [5, 5.41) is 21.6. The number of nitrogens with one attached hydrogen (secondary N) is 1. The van der Waals surface area contributed by atoms with Crippen molar-refractivity contribution in [1.82, 2.24) is 15.1 Å². The highest BCUT2D eigenvalue weighted by molar-refractivity contribution is 7.74. The van der Waals surface area contributed by atoms with Crippen molar-refractivity contribution in [3.05, 3.63) is 23.8 Å². The molecule has 32 heavy (non-hydrogen) atoms. The van der Waals surface area contributed by atoms with E-state index >= 15 is 0 Å². The molecular formula is C20H27N3O8S. The lowest BCUT2D eigenvalue weighted by atomic mass is 10.0. The number of benzene rings is 1. The van der Waals surface area contributed by atoms with Gasteiger partial charge in [-0.3, -0.25) is 9.59 Å². The Morgan fingerprint density at radius 3 is 2.59 bits per heavy atom. The van der Waals surface area contributed by atoms with Crippen LogP contribution in [0.1, 0.15) is 37.0 Å². The van der Waals surface area contributed by atoms with Gasteiger partial charge in [0, 0.05) is 43.7 Å². The molecule has 11 nitrogen and oxygen atoms in total.